The maximum Gasteiger partial charge on any atom is 0.150 e. The van der Waals surface area contributed by atoms with E-state index in [9.17, 15) is 0 Å². The molecule has 5 heteroatoms. The molecule has 0 aliphatic rings. The van der Waals surface area contributed by atoms with Gasteiger partial charge in [0.15, 0.2) is 5.82 Å². The molecule has 1 aromatic heterocycles. The van der Waals surface area contributed by atoms with Gasteiger partial charge in [0.1, 0.15) is 0 Å². The number of anilines is 2. The van der Waals surface area contributed by atoms with Gasteiger partial charge in [-0.1, -0.05) is 29.8 Å². The largest absolute Gasteiger partial charge is 0.394 e. The molecule has 2 N–H and O–H groups in total. The van der Waals surface area contributed by atoms with Crippen LogP contribution in [0.1, 0.15) is 31.1 Å². The molecule has 0 aliphatic carbocycles. The predicted octanol–water partition coefficient (Wildman–Crippen LogP) is 3.64. The molecule has 0 unspecified atom stereocenters. The van der Waals surface area contributed by atoms with Crippen molar-refractivity contribution >= 4 is 23.1 Å². The van der Waals surface area contributed by atoms with E-state index in [0.29, 0.717) is 6.54 Å². The van der Waals surface area contributed by atoms with Crippen LogP contribution in [-0.4, -0.2) is 16.8 Å². The third-order valence-corrected chi connectivity index (χ3v) is 3.69. The molecule has 0 fully saturated rings. The summed E-state index contributed by atoms with van der Waals surface area (Å²) in [5.41, 5.74) is 8.84. The molecule has 1 aromatic carbocycles. The molecule has 0 radical (unpaired) electrons. The van der Waals surface area contributed by atoms with Crippen LogP contribution in [0.5, 0.6) is 0 Å². The molecule has 4 nitrogen and oxygen atoms in total. The van der Waals surface area contributed by atoms with Gasteiger partial charge in [0.05, 0.1) is 11.4 Å². The fourth-order valence-corrected chi connectivity index (χ4v) is 2.44. The quantitative estimate of drug-likeness (QED) is 0.936. The maximum atomic E-state index is 6.22. The van der Waals surface area contributed by atoms with Crippen molar-refractivity contribution < 1.29 is 0 Å². The number of hydrogen-bond donors (Lipinski definition) is 1. The van der Waals surface area contributed by atoms with Crippen LogP contribution in [0.15, 0.2) is 24.3 Å². The van der Waals surface area contributed by atoms with Gasteiger partial charge in [-0.25, -0.2) is 4.68 Å². The standard InChI is InChI=1S/C15H21ClN4/c1-10(2)20-15(14(17)11(3)18-20)19(4)9-12-7-5-6-8-13(12)16/h5-8,10H,9,17H2,1-4H3. The predicted molar refractivity (Wildman–Crippen MR) is 85.3 cm³/mol. The van der Waals surface area contributed by atoms with E-state index in [0.717, 1.165) is 27.8 Å². The lowest BCUT2D eigenvalue weighted by atomic mass is 10.2. The Morgan fingerprint density at radius 2 is 2.00 bits per heavy atom. The first-order valence-electron chi connectivity index (χ1n) is 6.71. The Balaban J connectivity index is 2.34. The number of nitrogens with two attached hydrogens (primary N) is 1. The van der Waals surface area contributed by atoms with Crippen LogP contribution in [-0.2, 0) is 6.54 Å². The van der Waals surface area contributed by atoms with Gasteiger partial charge in [0, 0.05) is 24.7 Å². The molecule has 0 spiro atoms. The van der Waals surface area contributed by atoms with Gasteiger partial charge < -0.3 is 10.6 Å². The molecule has 0 saturated heterocycles. The number of halogens is 1. The smallest absolute Gasteiger partial charge is 0.150 e. The van der Waals surface area contributed by atoms with Gasteiger partial charge in [-0.05, 0) is 32.4 Å². The molecule has 108 valence electrons. The van der Waals surface area contributed by atoms with Gasteiger partial charge in [-0.3, -0.25) is 0 Å². The van der Waals surface area contributed by atoms with Gasteiger partial charge >= 0.3 is 0 Å². The van der Waals surface area contributed by atoms with Crippen LogP contribution >= 0.6 is 11.6 Å². The van der Waals surface area contributed by atoms with E-state index in [1.54, 1.807) is 0 Å². The molecule has 2 rings (SSSR count). The summed E-state index contributed by atoms with van der Waals surface area (Å²) in [5.74, 6) is 0.942. The van der Waals surface area contributed by atoms with Crippen molar-refractivity contribution in [2.75, 3.05) is 17.7 Å². The Labute approximate surface area is 125 Å². The van der Waals surface area contributed by atoms with E-state index in [1.165, 1.54) is 0 Å². The van der Waals surface area contributed by atoms with Crippen molar-refractivity contribution in [3.63, 3.8) is 0 Å². The minimum atomic E-state index is 0.259. The molecular weight excluding hydrogens is 272 g/mol. The summed E-state index contributed by atoms with van der Waals surface area (Å²) in [5, 5.41) is 5.28. The van der Waals surface area contributed by atoms with Crippen LogP contribution in [0.2, 0.25) is 5.02 Å². The summed E-state index contributed by atoms with van der Waals surface area (Å²) in [6, 6.07) is 8.11. The third kappa shape index (κ3) is 2.75. The van der Waals surface area contributed by atoms with Crippen molar-refractivity contribution in [1.82, 2.24) is 9.78 Å². The molecule has 0 atom stereocenters. The van der Waals surface area contributed by atoms with Crippen molar-refractivity contribution in [3.8, 4) is 0 Å². The summed E-state index contributed by atoms with van der Waals surface area (Å²) in [4.78, 5) is 2.09. The monoisotopic (exact) mass is 292 g/mol. The Morgan fingerprint density at radius 1 is 1.35 bits per heavy atom. The molecule has 0 amide bonds. The van der Waals surface area contributed by atoms with Crippen LogP contribution in [0.25, 0.3) is 0 Å². The average molecular weight is 293 g/mol. The van der Waals surface area contributed by atoms with E-state index in [-0.39, 0.29) is 6.04 Å². The average Bonchev–Trinajstić information content (AvgIpc) is 2.69. The summed E-state index contributed by atoms with van der Waals surface area (Å²) < 4.78 is 1.96. The van der Waals surface area contributed by atoms with Crippen molar-refractivity contribution in [2.24, 2.45) is 0 Å². The van der Waals surface area contributed by atoms with Crippen LogP contribution in [0, 0.1) is 6.92 Å². The Morgan fingerprint density at radius 3 is 2.60 bits per heavy atom. The zero-order chi connectivity index (χ0) is 14.9. The van der Waals surface area contributed by atoms with E-state index in [2.05, 4.69) is 23.8 Å². The van der Waals surface area contributed by atoms with E-state index in [4.69, 9.17) is 17.3 Å². The second kappa shape index (κ2) is 5.75. The summed E-state index contributed by atoms with van der Waals surface area (Å²) in [7, 11) is 2.01. The minimum absolute atomic E-state index is 0.259. The topological polar surface area (TPSA) is 47.1 Å². The first-order valence-corrected chi connectivity index (χ1v) is 7.08. The van der Waals surface area contributed by atoms with Gasteiger partial charge in [0.2, 0.25) is 0 Å². The number of aromatic nitrogens is 2. The third-order valence-electron chi connectivity index (χ3n) is 3.32. The molecule has 2 aromatic rings. The van der Waals surface area contributed by atoms with Crippen molar-refractivity contribution in [2.45, 2.75) is 33.4 Å². The molecule has 20 heavy (non-hydrogen) atoms. The highest BCUT2D eigenvalue weighted by Crippen LogP contribution is 2.30. The second-order valence-corrected chi connectivity index (χ2v) is 5.72. The maximum absolute atomic E-state index is 6.22. The fraction of sp³-hybridized carbons (Fsp3) is 0.400. The molecule has 0 aliphatic heterocycles. The number of rotatable bonds is 4. The van der Waals surface area contributed by atoms with Gasteiger partial charge in [0.25, 0.3) is 0 Å². The second-order valence-electron chi connectivity index (χ2n) is 5.31. The number of nitrogens with zero attached hydrogens (tertiary/aromatic N) is 3. The van der Waals surface area contributed by atoms with Gasteiger partial charge in [-0.15, -0.1) is 0 Å². The minimum Gasteiger partial charge on any atom is -0.394 e. The highest BCUT2D eigenvalue weighted by Gasteiger charge is 2.18. The number of nitrogen functional groups attached to an aromatic ring is 1. The normalized spacial score (nSPS) is 11.1. The first-order chi connectivity index (χ1) is 9.41. The number of aryl methyl sites for hydroxylation is 1. The lowest BCUT2D eigenvalue weighted by Crippen LogP contribution is -2.22. The lowest BCUT2D eigenvalue weighted by molar-refractivity contribution is 0.525. The van der Waals surface area contributed by atoms with Crippen LogP contribution in [0.4, 0.5) is 11.5 Å². The zero-order valence-corrected chi connectivity index (χ0v) is 13.1. The summed E-state index contributed by atoms with van der Waals surface area (Å²) in [6.07, 6.45) is 0. The Hall–Kier alpha value is -1.68. The molecule has 0 saturated carbocycles. The summed E-state index contributed by atoms with van der Waals surface area (Å²) in [6.45, 7) is 6.82. The number of benzene rings is 1. The zero-order valence-electron chi connectivity index (χ0n) is 12.4. The highest BCUT2D eigenvalue weighted by atomic mass is 35.5. The molecular formula is C15H21ClN4. The van der Waals surface area contributed by atoms with Gasteiger partial charge in [-0.2, -0.15) is 5.10 Å². The Kier molecular flexibility index (Phi) is 4.23. The lowest BCUT2D eigenvalue weighted by Gasteiger charge is -2.23. The van der Waals surface area contributed by atoms with Crippen LogP contribution in [0.3, 0.4) is 0 Å². The fourth-order valence-electron chi connectivity index (χ4n) is 2.25. The van der Waals surface area contributed by atoms with Crippen molar-refractivity contribution in [1.29, 1.82) is 0 Å². The first kappa shape index (κ1) is 14.7. The number of hydrogen-bond acceptors (Lipinski definition) is 3. The highest BCUT2D eigenvalue weighted by molar-refractivity contribution is 6.31. The SMILES string of the molecule is Cc1nn(C(C)C)c(N(C)Cc2ccccc2Cl)c1N. The van der Waals surface area contributed by atoms with E-state index < -0.39 is 0 Å². The summed E-state index contributed by atoms with van der Waals surface area (Å²) >= 11 is 6.22. The van der Waals surface area contributed by atoms with E-state index in [1.807, 2.05) is 42.9 Å². The van der Waals surface area contributed by atoms with Crippen LogP contribution < -0.4 is 10.6 Å². The molecule has 1 heterocycles. The Bertz CT molecular complexity index is 604. The van der Waals surface area contributed by atoms with Crippen molar-refractivity contribution in [3.05, 3.63) is 40.5 Å². The molecule has 0 bridgehead atoms. The van der Waals surface area contributed by atoms with E-state index >= 15 is 0 Å².